The molecule has 0 aliphatic carbocycles. The van der Waals surface area contributed by atoms with Crippen molar-refractivity contribution in [2.24, 2.45) is 5.92 Å². The lowest BCUT2D eigenvalue weighted by Gasteiger charge is -2.13. The summed E-state index contributed by atoms with van der Waals surface area (Å²) in [5.74, 6) is -0.549. The minimum atomic E-state index is -4.49. The number of benzene rings is 2. The van der Waals surface area contributed by atoms with Crippen molar-refractivity contribution in [3.05, 3.63) is 59.2 Å². The van der Waals surface area contributed by atoms with Gasteiger partial charge in [0.05, 0.1) is 5.56 Å². The van der Waals surface area contributed by atoms with E-state index in [2.05, 4.69) is 10.6 Å². The molecule has 0 fully saturated rings. The predicted molar refractivity (Wildman–Crippen MR) is 105 cm³/mol. The number of carbonyl (C=O) groups is 2. The zero-order chi connectivity index (χ0) is 20.9. The maximum absolute atomic E-state index is 12.7. The van der Waals surface area contributed by atoms with Crippen molar-refractivity contribution in [2.45, 2.75) is 31.2 Å². The largest absolute Gasteiger partial charge is 0.446 e. The summed E-state index contributed by atoms with van der Waals surface area (Å²) in [7, 11) is 0. The molecule has 0 aliphatic heterocycles. The van der Waals surface area contributed by atoms with E-state index in [1.54, 1.807) is 25.1 Å². The van der Waals surface area contributed by atoms with Crippen LogP contribution in [0.5, 0.6) is 0 Å². The van der Waals surface area contributed by atoms with E-state index in [1.165, 1.54) is 24.3 Å². The topological polar surface area (TPSA) is 58.2 Å². The van der Waals surface area contributed by atoms with E-state index in [1.807, 2.05) is 13.8 Å². The molecule has 0 radical (unpaired) electrons. The van der Waals surface area contributed by atoms with Crippen LogP contribution in [-0.2, 0) is 0 Å². The summed E-state index contributed by atoms with van der Waals surface area (Å²) in [5.41, 5.74) is -3.05. The van der Waals surface area contributed by atoms with Crippen LogP contribution in [-0.4, -0.2) is 23.9 Å². The van der Waals surface area contributed by atoms with Gasteiger partial charge in [0.1, 0.15) is 0 Å². The number of rotatable bonds is 6. The van der Waals surface area contributed by atoms with Crippen molar-refractivity contribution >= 4 is 29.3 Å². The first kappa shape index (κ1) is 21.8. The zero-order valence-corrected chi connectivity index (χ0v) is 16.5. The van der Waals surface area contributed by atoms with Gasteiger partial charge in [0.2, 0.25) is 0 Å². The maximum atomic E-state index is 12.7. The summed E-state index contributed by atoms with van der Waals surface area (Å²) in [4.78, 5) is 24.5. The van der Waals surface area contributed by atoms with Crippen molar-refractivity contribution in [1.82, 2.24) is 5.32 Å². The second-order valence-corrected chi connectivity index (χ2v) is 7.74. The second kappa shape index (κ2) is 9.14. The van der Waals surface area contributed by atoms with Crippen LogP contribution in [0.3, 0.4) is 0 Å². The fraction of sp³-hybridized carbons (Fsp3) is 0.300. The molecule has 0 aromatic heterocycles. The fourth-order valence-corrected chi connectivity index (χ4v) is 3.07. The zero-order valence-electron chi connectivity index (χ0n) is 15.7. The highest BCUT2D eigenvalue weighted by Gasteiger charge is 2.31. The molecular formula is C20H21F3N2O2S. The average Bonchev–Trinajstić information content (AvgIpc) is 2.60. The first-order chi connectivity index (χ1) is 13.1. The lowest BCUT2D eigenvalue weighted by Crippen LogP contribution is -2.27. The Kier molecular flexibility index (Phi) is 7.12. The van der Waals surface area contributed by atoms with Crippen LogP contribution in [0.4, 0.5) is 18.9 Å². The van der Waals surface area contributed by atoms with Crippen LogP contribution in [0.2, 0.25) is 0 Å². The van der Waals surface area contributed by atoms with Gasteiger partial charge in [0.25, 0.3) is 11.8 Å². The van der Waals surface area contributed by atoms with Crippen LogP contribution in [0.25, 0.3) is 0 Å². The van der Waals surface area contributed by atoms with Gasteiger partial charge in [-0.25, -0.2) is 0 Å². The molecule has 0 atom stereocenters. The quantitative estimate of drug-likeness (QED) is 0.640. The number of carbonyl (C=O) groups excluding carboxylic acids is 2. The molecule has 0 saturated carbocycles. The summed E-state index contributed by atoms with van der Waals surface area (Å²) in [5, 5.41) is 5.42. The van der Waals surface area contributed by atoms with Crippen molar-refractivity contribution in [3.63, 3.8) is 0 Å². The number of nitrogens with one attached hydrogen (secondary N) is 2. The monoisotopic (exact) mass is 410 g/mol. The molecule has 2 N–H and O–H groups in total. The van der Waals surface area contributed by atoms with Gasteiger partial charge in [0, 0.05) is 22.7 Å². The number of halogens is 3. The molecule has 2 amide bonds. The maximum Gasteiger partial charge on any atom is 0.446 e. The van der Waals surface area contributed by atoms with Crippen molar-refractivity contribution in [2.75, 3.05) is 11.9 Å². The van der Waals surface area contributed by atoms with Crippen LogP contribution >= 0.6 is 11.8 Å². The molecule has 0 unspecified atom stereocenters. The molecule has 2 rings (SSSR count). The SMILES string of the molecule is Cc1cc(C(=O)NCC(C)C)ccc1NC(=O)c1ccccc1SC(F)(F)F. The van der Waals surface area contributed by atoms with Gasteiger partial charge in [0.15, 0.2) is 0 Å². The molecule has 0 aliphatic rings. The highest BCUT2D eigenvalue weighted by Crippen LogP contribution is 2.38. The van der Waals surface area contributed by atoms with Gasteiger partial charge in [-0.1, -0.05) is 26.0 Å². The number of anilines is 1. The van der Waals surface area contributed by atoms with E-state index in [0.717, 1.165) is 0 Å². The normalized spacial score (nSPS) is 11.4. The second-order valence-electron chi connectivity index (χ2n) is 6.63. The Hall–Kier alpha value is -2.48. The Morgan fingerprint density at radius 1 is 1.07 bits per heavy atom. The Morgan fingerprint density at radius 2 is 1.75 bits per heavy atom. The third-order valence-electron chi connectivity index (χ3n) is 3.77. The van der Waals surface area contributed by atoms with Gasteiger partial charge < -0.3 is 10.6 Å². The minimum absolute atomic E-state index is 0.0667. The van der Waals surface area contributed by atoms with Crippen LogP contribution in [0, 0.1) is 12.8 Å². The number of amides is 2. The average molecular weight is 410 g/mol. The molecule has 4 nitrogen and oxygen atoms in total. The summed E-state index contributed by atoms with van der Waals surface area (Å²) in [6.45, 7) is 6.23. The van der Waals surface area contributed by atoms with E-state index in [4.69, 9.17) is 0 Å². The van der Waals surface area contributed by atoms with Crippen molar-refractivity contribution < 1.29 is 22.8 Å². The van der Waals surface area contributed by atoms with Gasteiger partial charge in [-0.2, -0.15) is 13.2 Å². The van der Waals surface area contributed by atoms with Crippen molar-refractivity contribution in [3.8, 4) is 0 Å². The van der Waals surface area contributed by atoms with Crippen LogP contribution in [0.15, 0.2) is 47.4 Å². The number of hydrogen-bond acceptors (Lipinski definition) is 3. The molecule has 0 bridgehead atoms. The molecular weight excluding hydrogens is 389 g/mol. The van der Waals surface area contributed by atoms with E-state index in [9.17, 15) is 22.8 Å². The number of alkyl halides is 3. The van der Waals surface area contributed by atoms with E-state index in [0.29, 0.717) is 29.3 Å². The Labute approximate surface area is 165 Å². The highest BCUT2D eigenvalue weighted by atomic mass is 32.2. The van der Waals surface area contributed by atoms with Crippen LogP contribution in [0.1, 0.15) is 40.1 Å². The minimum Gasteiger partial charge on any atom is -0.352 e. The van der Waals surface area contributed by atoms with E-state index in [-0.39, 0.29) is 28.1 Å². The molecule has 28 heavy (non-hydrogen) atoms. The van der Waals surface area contributed by atoms with Gasteiger partial charge in [-0.05, 0) is 60.5 Å². The van der Waals surface area contributed by atoms with E-state index < -0.39 is 11.4 Å². The van der Waals surface area contributed by atoms with Gasteiger partial charge in [-0.15, -0.1) is 0 Å². The Morgan fingerprint density at radius 3 is 2.36 bits per heavy atom. The smallest absolute Gasteiger partial charge is 0.352 e. The van der Waals surface area contributed by atoms with E-state index >= 15 is 0 Å². The molecule has 150 valence electrons. The lowest BCUT2D eigenvalue weighted by molar-refractivity contribution is -0.0328. The first-order valence-electron chi connectivity index (χ1n) is 8.62. The third-order valence-corrected chi connectivity index (χ3v) is 4.57. The Bertz CT molecular complexity index is 867. The molecule has 0 heterocycles. The third kappa shape index (κ3) is 6.30. The van der Waals surface area contributed by atoms with Crippen LogP contribution < -0.4 is 10.6 Å². The number of thioether (sulfide) groups is 1. The highest BCUT2D eigenvalue weighted by molar-refractivity contribution is 8.00. The van der Waals surface area contributed by atoms with Crippen molar-refractivity contribution in [1.29, 1.82) is 0 Å². The summed E-state index contributed by atoms with van der Waals surface area (Å²) < 4.78 is 38.1. The molecule has 2 aromatic rings. The summed E-state index contributed by atoms with van der Waals surface area (Å²) in [6.07, 6.45) is 0. The standard InChI is InChI=1S/C20H21F3N2O2S/c1-12(2)11-24-18(26)14-8-9-16(13(3)10-14)25-19(27)15-6-4-5-7-17(15)28-20(21,22)23/h4-10,12H,11H2,1-3H3,(H,24,26)(H,25,27). The summed E-state index contributed by atoms with van der Waals surface area (Å²) >= 11 is -0.329. The number of hydrogen-bond donors (Lipinski definition) is 2. The Balaban J connectivity index is 2.16. The van der Waals surface area contributed by atoms with Gasteiger partial charge >= 0.3 is 5.51 Å². The summed E-state index contributed by atoms with van der Waals surface area (Å²) in [6, 6.07) is 10.3. The first-order valence-corrected chi connectivity index (χ1v) is 9.43. The molecule has 0 saturated heterocycles. The number of aryl methyl sites for hydroxylation is 1. The molecule has 8 heteroatoms. The molecule has 2 aromatic carbocycles. The fourth-order valence-electron chi connectivity index (χ4n) is 2.40. The van der Waals surface area contributed by atoms with Gasteiger partial charge in [-0.3, -0.25) is 9.59 Å². The lowest BCUT2D eigenvalue weighted by atomic mass is 10.1. The molecule has 0 spiro atoms. The predicted octanol–water partition coefficient (Wildman–Crippen LogP) is 5.25.